The van der Waals surface area contributed by atoms with Gasteiger partial charge >= 0.3 is 0 Å². The predicted molar refractivity (Wildman–Crippen MR) is 119 cm³/mol. The second kappa shape index (κ2) is 9.30. The molecule has 1 aliphatic carbocycles. The van der Waals surface area contributed by atoms with Crippen molar-refractivity contribution in [3.63, 3.8) is 0 Å². The Labute approximate surface area is 181 Å². The number of amidine groups is 2. The van der Waals surface area contributed by atoms with Crippen LogP contribution in [0.4, 0.5) is 0 Å². The second-order valence-electron chi connectivity index (χ2n) is 8.07. The number of hydrogen-bond acceptors (Lipinski definition) is 7. The van der Waals surface area contributed by atoms with E-state index in [2.05, 4.69) is 26.2 Å². The van der Waals surface area contributed by atoms with Gasteiger partial charge in [0.2, 0.25) is 0 Å². The van der Waals surface area contributed by atoms with E-state index in [1.54, 1.807) is 7.05 Å². The van der Waals surface area contributed by atoms with E-state index in [1.807, 2.05) is 30.3 Å². The van der Waals surface area contributed by atoms with Crippen LogP contribution in [0.1, 0.15) is 37.7 Å². The van der Waals surface area contributed by atoms with Crippen molar-refractivity contribution < 1.29 is 9.59 Å². The summed E-state index contributed by atoms with van der Waals surface area (Å²) in [7, 11) is 1.70. The monoisotopic (exact) mass is 423 g/mol. The minimum absolute atomic E-state index is 0.185. The maximum absolute atomic E-state index is 13.1. The lowest BCUT2D eigenvalue weighted by Crippen LogP contribution is -2.53. The third kappa shape index (κ3) is 4.77. The first-order valence-corrected chi connectivity index (χ1v) is 10.8. The fourth-order valence-electron chi connectivity index (χ4n) is 4.11. The molecule has 2 unspecified atom stereocenters. The average molecular weight is 424 g/mol. The van der Waals surface area contributed by atoms with E-state index >= 15 is 0 Å². The molecule has 1 aromatic carbocycles. The van der Waals surface area contributed by atoms with E-state index < -0.39 is 12.2 Å². The topological polar surface area (TPSA) is 124 Å². The molecule has 5 N–H and O–H groups in total. The summed E-state index contributed by atoms with van der Waals surface area (Å²) >= 11 is 0. The molecule has 4 rings (SSSR count). The molecular weight excluding hydrogens is 394 g/mol. The molecule has 1 aromatic rings. The molecule has 0 saturated carbocycles. The summed E-state index contributed by atoms with van der Waals surface area (Å²) in [6, 6.07) is 9.23. The predicted octanol–water partition coefficient (Wildman–Crippen LogP) is 0.594. The van der Waals surface area contributed by atoms with Gasteiger partial charge in [-0.3, -0.25) is 19.5 Å². The molecule has 3 aliphatic rings. The van der Waals surface area contributed by atoms with E-state index in [-0.39, 0.29) is 11.8 Å². The van der Waals surface area contributed by atoms with Gasteiger partial charge in [-0.25, -0.2) is 10.4 Å². The van der Waals surface area contributed by atoms with Crippen LogP contribution >= 0.6 is 0 Å². The number of carbonyl (C=O) groups is 2. The van der Waals surface area contributed by atoms with Crippen LogP contribution in [-0.4, -0.2) is 54.2 Å². The Kier molecular flexibility index (Phi) is 6.31. The highest BCUT2D eigenvalue weighted by atomic mass is 16.2. The number of carbonyl (C=O) groups excluding carboxylic acids is 2. The lowest BCUT2D eigenvalue weighted by Gasteiger charge is -2.26. The highest BCUT2D eigenvalue weighted by Crippen LogP contribution is 2.25. The molecule has 164 valence electrons. The van der Waals surface area contributed by atoms with Crippen LogP contribution in [0.25, 0.3) is 0 Å². The number of hydrogen-bond donors (Lipinski definition) is 4. The number of hydrazine groups is 1. The summed E-state index contributed by atoms with van der Waals surface area (Å²) in [6.07, 6.45) is 4.02. The Balaban J connectivity index is 1.39. The first-order chi connectivity index (χ1) is 15.0. The Hall–Kier alpha value is -3.20. The van der Waals surface area contributed by atoms with Crippen LogP contribution in [0.15, 0.2) is 51.6 Å². The van der Waals surface area contributed by atoms with Crippen LogP contribution in [-0.2, 0) is 16.0 Å². The fourth-order valence-corrected chi connectivity index (χ4v) is 4.11. The van der Waals surface area contributed by atoms with Gasteiger partial charge in [-0.2, -0.15) is 0 Å². The molecular formula is C22H29N7O2. The van der Waals surface area contributed by atoms with Crippen molar-refractivity contribution in [3.05, 3.63) is 47.2 Å². The van der Waals surface area contributed by atoms with Gasteiger partial charge in [0.05, 0.1) is 0 Å². The van der Waals surface area contributed by atoms with Crippen molar-refractivity contribution in [3.8, 4) is 0 Å². The van der Waals surface area contributed by atoms with Crippen LogP contribution in [0.5, 0.6) is 0 Å². The summed E-state index contributed by atoms with van der Waals surface area (Å²) < 4.78 is 0. The second-order valence-corrected chi connectivity index (χ2v) is 8.07. The first-order valence-electron chi connectivity index (χ1n) is 10.8. The van der Waals surface area contributed by atoms with Crippen LogP contribution in [0, 0.1) is 0 Å². The van der Waals surface area contributed by atoms with E-state index in [0.717, 1.165) is 42.5 Å². The quantitative estimate of drug-likeness (QED) is 0.552. The molecule has 0 spiro atoms. The third-order valence-corrected chi connectivity index (χ3v) is 5.82. The zero-order chi connectivity index (χ0) is 21.8. The zero-order valence-electron chi connectivity index (χ0n) is 17.7. The van der Waals surface area contributed by atoms with Crippen molar-refractivity contribution >= 4 is 23.5 Å². The lowest BCUT2D eigenvalue weighted by atomic mass is 9.95. The van der Waals surface area contributed by atoms with Crippen molar-refractivity contribution in [1.29, 1.82) is 0 Å². The number of nitrogens with zero attached hydrogens (tertiary/aromatic N) is 3. The Morgan fingerprint density at radius 2 is 2.03 bits per heavy atom. The van der Waals surface area contributed by atoms with Crippen LogP contribution in [0.2, 0.25) is 0 Å². The average Bonchev–Trinajstić information content (AvgIpc) is 3.20. The van der Waals surface area contributed by atoms with Crippen molar-refractivity contribution in [2.45, 2.75) is 50.7 Å². The molecule has 31 heavy (non-hydrogen) atoms. The number of allylic oxidation sites excluding steroid dienone is 1. The molecule has 2 heterocycles. The molecule has 9 nitrogen and oxygen atoms in total. The van der Waals surface area contributed by atoms with Crippen LogP contribution in [0.3, 0.4) is 0 Å². The van der Waals surface area contributed by atoms with Gasteiger partial charge in [0.15, 0.2) is 6.17 Å². The van der Waals surface area contributed by atoms with Gasteiger partial charge in [-0.15, -0.1) is 0 Å². The van der Waals surface area contributed by atoms with Crippen molar-refractivity contribution in [1.82, 2.24) is 21.1 Å². The molecule has 0 bridgehead atoms. The maximum atomic E-state index is 13.1. The van der Waals surface area contributed by atoms with Gasteiger partial charge in [0, 0.05) is 31.3 Å². The molecule has 0 radical (unpaired) electrons. The van der Waals surface area contributed by atoms with Gasteiger partial charge in [0.25, 0.3) is 11.8 Å². The summed E-state index contributed by atoms with van der Waals surface area (Å²) in [5.74, 6) is 0.792. The highest BCUT2D eigenvalue weighted by molar-refractivity contribution is 6.10. The van der Waals surface area contributed by atoms with Gasteiger partial charge < -0.3 is 16.5 Å². The smallest absolute Gasteiger partial charge is 0.261 e. The molecule has 2 aliphatic heterocycles. The Morgan fingerprint density at radius 1 is 1.26 bits per heavy atom. The number of likely N-dealkylation sites (N-methyl/N-ethyl adjacent to an activating group) is 1. The summed E-state index contributed by atoms with van der Waals surface area (Å²) in [5, 5.41) is 2.84. The van der Waals surface area contributed by atoms with E-state index in [1.165, 1.54) is 4.90 Å². The standard InChI is InChI=1S/C22H29N7O2/c1-29-20(15-9-5-6-10-16(15)23)24-12-11-17(22(29)31)25-21(30)19-26-18(27-28-19)13-14-7-3-2-4-8-14/h2-4,7-8,17,19,28H,5-6,9-13,23H2,1H3,(H,25,30)(H,26,27). The summed E-state index contributed by atoms with van der Waals surface area (Å²) in [6.45, 7) is 0.450. The molecule has 0 fully saturated rings. The van der Waals surface area contributed by atoms with E-state index in [9.17, 15) is 9.59 Å². The minimum atomic E-state index is -0.780. The Morgan fingerprint density at radius 3 is 2.81 bits per heavy atom. The van der Waals surface area contributed by atoms with Crippen LogP contribution < -0.4 is 21.9 Å². The first kappa shape index (κ1) is 21.0. The molecule has 0 saturated heterocycles. The number of nitrogens with one attached hydrogen (secondary N) is 3. The largest absolute Gasteiger partial charge is 0.402 e. The highest BCUT2D eigenvalue weighted by Gasteiger charge is 2.33. The number of amides is 2. The number of rotatable bonds is 5. The van der Waals surface area contributed by atoms with E-state index in [4.69, 9.17) is 5.73 Å². The molecule has 0 aromatic heterocycles. The minimum Gasteiger partial charge on any atom is -0.402 e. The fraction of sp³-hybridized carbons (Fsp3) is 0.455. The number of nitrogens with two attached hydrogens (primary N) is 1. The summed E-state index contributed by atoms with van der Waals surface area (Å²) in [4.78, 5) is 36.4. The van der Waals surface area contributed by atoms with Crippen molar-refractivity contribution in [2.24, 2.45) is 15.7 Å². The maximum Gasteiger partial charge on any atom is 0.261 e. The van der Waals surface area contributed by atoms with Gasteiger partial charge in [-0.1, -0.05) is 30.3 Å². The third-order valence-electron chi connectivity index (χ3n) is 5.82. The normalized spacial score (nSPS) is 24.3. The molecule has 2 amide bonds. The summed E-state index contributed by atoms with van der Waals surface area (Å²) in [5.41, 5.74) is 14.9. The van der Waals surface area contributed by atoms with Gasteiger partial charge in [-0.05, 0) is 37.7 Å². The lowest BCUT2D eigenvalue weighted by molar-refractivity contribution is -0.133. The molecule has 2 atom stereocenters. The van der Waals surface area contributed by atoms with Crippen molar-refractivity contribution in [2.75, 3.05) is 13.6 Å². The molecule has 9 heteroatoms. The number of benzene rings is 1. The SMILES string of the molecule is CN1C(=O)C(NC(=O)C2N=C(Cc3ccccc3)NN2)CCN=C1C1=C(N)CCCC1. The zero-order valence-corrected chi connectivity index (χ0v) is 17.7. The van der Waals surface area contributed by atoms with E-state index in [0.29, 0.717) is 31.1 Å². The Bertz CT molecular complexity index is 938. The number of aliphatic imine (C=N–C) groups is 2. The van der Waals surface area contributed by atoms with Gasteiger partial charge in [0.1, 0.15) is 17.7 Å².